The van der Waals surface area contributed by atoms with E-state index in [1.165, 1.54) is 97.1 Å². The second kappa shape index (κ2) is 35.0. The minimum atomic E-state index is -0.802. The molecular weight excluding hydrogens is 2060 g/mol. The van der Waals surface area contributed by atoms with Gasteiger partial charge >= 0.3 is 0 Å². The van der Waals surface area contributed by atoms with E-state index in [0.29, 0.717) is 193 Å². The Morgan fingerprint density at radius 3 is 0.483 bits per heavy atom. The van der Waals surface area contributed by atoms with Crippen LogP contribution in [0.2, 0.25) is 0 Å². The quantitative estimate of drug-likeness (QED) is 0.0739. The van der Waals surface area contributed by atoms with Gasteiger partial charge in [-0.1, -0.05) is 146 Å². The minimum Gasteiger partial charge on any atom is -0.481 e. The largest absolute Gasteiger partial charge is 0.481 e. The van der Waals surface area contributed by atoms with Crippen LogP contribution in [0, 0.1) is 46.5 Å². The molecule has 120 heavy (non-hydrogen) atoms. The van der Waals surface area contributed by atoms with E-state index >= 15 is 0 Å². The van der Waals surface area contributed by atoms with Crippen molar-refractivity contribution < 1.29 is 54.1 Å². The van der Waals surface area contributed by atoms with E-state index in [0.717, 1.165) is 0 Å². The van der Waals surface area contributed by atoms with Crippen molar-refractivity contribution in [1.29, 1.82) is 0 Å². The number of nitrogens with one attached hydrogen (secondary N) is 2. The van der Waals surface area contributed by atoms with Gasteiger partial charge in [-0.15, -0.1) is 0 Å². The van der Waals surface area contributed by atoms with Crippen LogP contribution in [0.5, 0.6) is 23.0 Å². The maximum Gasteiger partial charge on any atom is 0.149 e. The molecule has 0 unspecified atom stereocenters. The molecule has 3 aromatic heterocycles. The average molecular weight is 2120 g/mol. The Hall–Kier alpha value is -10.3. The van der Waals surface area contributed by atoms with Crippen molar-refractivity contribution in [1.82, 2.24) is 19.9 Å². The van der Waals surface area contributed by atoms with Crippen LogP contribution in [0.1, 0.15) is 91.7 Å². The van der Waals surface area contributed by atoms with Crippen LogP contribution in [0.25, 0.3) is 84.5 Å². The number of nitrogens with zero attached hydrogens (tertiary/aromatic N) is 2. The third-order valence-corrected chi connectivity index (χ3v) is 28.7. The number of ether oxygens (including phenoxy) is 4. The van der Waals surface area contributed by atoms with E-state index in [2.05, 4.69) is 137 Å². The predicted octanol–water partition coefficient (Wildman–Crippen LogP) is 31.1. The van der Waals surface area contributed by atoms with Gasteiger partial charge in [-0.05, 0) is 340 Å². The summed E-state index contributed by atoms with van der Waals surface area (Å²) in [6, 6.07) is 77.0. The van der Waals surface area contributed by atoms with Gasteiger partial charge in [0.1, 0.15) is 94.0 Å². The van der Waals surface area contributed by atoms with Gasteiger partial charge in [0.25, 0.3) is 0 Å². The van der Waals surface area contributed by atoms with Crippen LogP contribution in [0.4, 0.5) is 35.1 Å². The fourth-order valence-electron chi connectivity index (χ4n) is 14.5. The molecule has 5 heterocycles. The zero-order valence-corrected chi connectivity index (χ0v) is 74.3. The number of benzene rings is 12. The lowest BCUT2D eigenvalue weighted by molar-refractivity contribution is 0.247. The first kappa shape index (κ1) is 82.1. The number of aromatic amines is 2. The molecule has 0 amide bonds. The molecule has 15 aromatic rings. The van der Waals surface area contributed by atoms with Gasteiger partial charge in [0.15, 0.2) is 0 Å². The molecule has 594 valence electrons. The highest BCUT2D eigenvalue weighted by Crippen LogP contribution is 2.55. The molecule has 2 aliphatic rings. The zero-order valence-electron chi connectivity index (χ0n) is 61.6. The second-order valence-corrected chi connectivity index (χ2v) is 34.2. The number of fused-ring (bicyclic) bond motifs is 8. The lowest BCUT2D eigenvalue weighted by Gasteiger charge is -2.21. The molecule has 0 aliphatic carbocycles. The van der Waals surface area contributed by atoms with E-state index in [4.69, 9.17) is 28.9 Å². The SMILES string of the molecule is Fc1ccc(C(Oc2ccc(-c3c4nc(c(-c5ccc(OC(c6ccc(F)cc6)c6ccc(F)cc6)cc5)c5[nH]c(c(Br)c5Br)c(-c5ccc(OC(c6ccc(F)cc6)c6ccc(F)cc6)cc5)c5nc(c(-c6ccc(OC(c7ccc(F)cc7)c7ccc(F)cc7)cc6)c6[nH]c3c(Br)c6Br)C(Br)=C5Br)C(Br)=C4Br)cc2)c2ccc(F)cc2)cc1. The predicted molar refractivity (Wildman–Crippen MR) is 484 cm³/mol. The van der Waals surface area contributed by atoms with E-state index in [1.807, 2.05) is 97.1 Å². The van der Waals surface area contributed by atoms with Crippen molar-refractivity contribution in [3.63, 3.8) is 0 Å². The van der Waals surface area contributed by atoms with Gasteiger partial charge in [-0.2, -0.15) is 0 Å². The highest BCUT2D eigenvalue weighted by molar-refractivity contribution is 9.18. The first-order valence-electron chi connectivity index (χ1n) is 36.8. The summed E-state index contributed by atoms with van der Waals surface area (Å²) in [5.41, 5.74) is 13.5. The van der Waals surface area contributed by atoms with E-state index in [1.54, 1.807) is 97.1 Å². The Kier molecular flexibility index (Phi) is 24.0. The highest BCUT2D eigenvalue weighted by Gasteiger charge is 2.33. The molecule has 2 N–H and O–H groups in total. The summed E-state index contributed by atoms with van der Waals surface area (Å²) in [6.07, 6.45) is -3.21. The van der Waals surface area contributed by atoms with Crippen molar-refractivity contribution in [2.75, 3.05) is 0 Å². The molecular formula is C96H54Br8F8N4O4. The average Bonchev–Trinajstić information content (AvgIpc) is 1.57. The third-order valence-electron chi connectivity index (χ3n) is 20.3. The van der Waals surface area contributed by atoms with Gasteiger partial charge in [-0.3, -0.25) is 0 Å². The van der Waals surface area contributed by atoms with E-state index in [9.17, 15) is 35.1 Å². The third kappa shape index (κ3) is 16.9. The summed E-state index contributed by atoms with van der Waals surface area (Å²) in [6.45, 7) is 0. The molecule has 24 heteroatoms. The summed E-state index contributed by atoms with van der Waals surface area (Å²) in [7, 11) is 0. The van der Waals surface area contributed by atoms with Crippen molar-refractivity contribution in [3.8, 4) is 67.5 Å². The maximum absolute atomic E-state index is 14.6. The molecule has 0 radical (unpaired) electrons. The number of hydrogen-bond donors (Lipinski definition) is 2. The maximum atomic E-state index is 14.6. The highest BCUT2D eigenvalue weighted by atomic mass is 79.9. The zero-order chi connectivity index (χ0) is 83.3. The van der Waals surface area contributed by atoms with Crippen molar-refractivity contribution in [2.45, 2.75) is 24.4 Å². The van der Waals surface area contributed by atoms with Gasteiger partial charge < -0.3 is 28.9 Å². The first-order chi connectivity index (χ1) is 58.0. The number of aromatic nitrogens is 4. The molecule has 0 fully saturated rings. The smallest absolute Gasteiger partial charge is 0.149 e. The van der Waals surface area contributed by atoms with Gasteiger partial charge in [0.2, 0.25) is 0 Å². The lowest BCUT2D eigenvalue weighted by Crippen LogP contribution is -2.09. The van der Waals surface area contributed by atoms with Crippen LogP contribution in [-0.2, 0) is 0 Å². The molecule has 17 rings (SSSR count). The van der Waals surface area contributed by atoms with E-state index < -0.39 is 71.0 Å². The molecule has 0 spiro atoms. The molecule has 0 atom stereocenters. The second-order valence-electron chi connectivity index (χ2n) is 27.9. The van der Waals surface area contributed by atoms with Gasteiger partial charge in [0.05, 0.1) is 80.7 Å². The first-order valence-corrected chi connectivity index (χ1v) is 43.2. The summed E-state index contributed by atoms with van der Waals surface area (Å²) in [5.74, 6) is -1.89. The van der Waals surface area contributed by atoms with E-state index in [-0.39, 0.29) is 0 Å². The Morgan fingerprint density at radius 2 is 0.342 bits per heavy atom. The lowest BCUT2D eigenvalue weighted by atomic mass is 10.0. The van der Waals surface area contributed by atoms with Crippen LogP contribution in [-0.4, -0.2) is 19.9 Å². The molecule has 0 saturated carbocycles. The van der Waals surface area contributed by atoms with Crippen molar-refractivity contribution in [3.05, 3.63) is 423 Å². The molecule has 12 aromatic carbocycles. The summed E-state index contributed by atoms with van der Waals surface area (Å²) >= 11 is 32.8. The summed E-state index contributed by atoms with van der Waals surface area (Å²) < 4.78 is 148. The monoisotopic (exact) mass is 2110 g/mol. The van der Waals surface area contributed by atoms with Crippen LogP contribution in [0.3, 0.4) is 0 Å². The number of halogens is 16. The fraction of sp³-hybridized carbons (Fsp3) is 0.0417. The minimum absolute atomic E-state index is 0.411. The van der Waals surface area contributed by atoms with Gasteiger partial charge in [-0.25, -0.2) is 45.1 Å². The number of hydrogen-bond acceptors (Lipinski definition) is 6. The molecule has 0 saturated heterocycles. The standard InChI is InChI=1S/C96H54Br8F8N4O4/c97-77-79(99)87-74(50-19-43-70(44-20-50)118-94(55-5-29-63(107)30-6-55)56-7-31-64(108)32-8-56)89-81(101)83(103)91(115-89)76(52-23-47-72(48-24-52)120-96(59-13-37-67(111)38-14-59)60-15-39-68(112)40-16-60)92-84(104)82(102)90(116-92)75(51-21-45-71(46-22-51)119-95(57-9-33-65(109)34-10-57)58-11-35-66(110)36-12-58)88-80(100)78(98)86(114-88)73(85(77)113-87)49-17-41-69(42-18-49)117-93(53-1-25-61(105)26-2-53)54-3-27-62(106)28-4-54/h1-48,93-96,113,116H. The van der Waals surface area contributed by atoms with Crippen molar-refractivity contribution in [2.24, 2.45) is 0 Å². The van der Waals surface area contributed by atoms with Crippen LogP contribution < -0.4 is 18.9 Å². The van der Waals surface area contributed by atoms with Gasteiger partial charge in [0, 0.05) is 22.3 Å². The number of rotatable bonds is 20. The molecule has 8 nitrogen and oxygen atoms in total. The number of H-pyrrole nitrogens is 2. The van der Waals surface area contributed by atoms with Crippen LogP contribution >= 0.6 is 127 Å². The summed E-state index contributed by atoms with van der Waals surface area (Å²) in [5, 5.41) is 0. The van der Waals surface area contributed by atoms with Crippen LogP contribution in [0.15, 0.2) is 309 Å². The molecule has 2 aliphatic heterocycles. The fourth-order valence-corrected chi connectivity index (χ4v) is 18.3. The normalized spacial score (nSPS) is 12.2. The topological polar surface area (TPSA) is 94.3 Å². The Morgan fingerprint density at radius 1 is 0.200 bits per heavy atom. The molecule has 8 bridgehead atoms. The Labute approximate surface area is 749 Å². The van der Waals surface area contributed by atoms with Crippen molar-refractivity contribution >= 4 is 167 Å². The Bertz CT molecular complexity index is 5690. The Balaban J connectivity index is 0.920. The summed E-state index contributed by atoms with van der Waals surface area (Å²) in [4.78, 5) is 19.3.